The first-order valence-corrected chi connectivity index (χ1v) is 6.36. The summed E-state index contributed by atoms with van der Waals surface area (Å²) in [5.74, 6) is 0.0554. The maximum absolute atomic E-state index is 11.7. The molecule has 21 heavy (non-hydrogen) atoms. The van der Waals surface area contributed by atoms with Crippen LogP contribution in [0.15, 0.2) is 36.5 Å². The number of para-hydroxylation sites is 1. The molecule has 110 valence electrons. The van der Waals surface area contributed by atoms with E-state index in [1.165, 1.54) is 19.4 Å². The number of nitrogen functional groups attached to an aromatic ring is 1. The average molecular weight is 288 g/mol. The van der Waals surface area contributed by atoms with E-state index < -0.39 is 5.97 Å². The van der Waals surface area contributed by atoms with Gasteiger partial charge in [-0.2, -0.15) is 0 Å². The number of rotatable bonds is 5. The van der Waals surface area contributed by atoms with Crippen LogP contribution in [-0.4, -0.2) is 29.8 Å². The zero-order valence-electron chi connectivity index (χ0n) is 11.6. The molecule has 3 N–H and O–H groups in total. The van der Waals surface area contributed by atoms with Gasteiger partial charge in [0, 0.05) is 6.61 Å². The fourth-order valence-corrected chi connectivity index (χ4v) is 1.84. The van der Waals surface area contributed by atoms with Crippen molar-refractivity contribution in [1.82, 2.24) is 4.98 Å². The molecule has 0 saturated heterocycles. The van der Waals surface area contributed by atoms with Gasteiger partial charge in [0.1, 0.15) is 11.3 Å². The van der Waals surface area contributed by atoms with E-state index in [4.69, 9.17) is 20.3 Å². The Morgan fingerprint density at radius 1 is 1.38 bits per heavy atom. The number of nitrogens with two attached hydrogens (primary N) is 1. The Balaban J connectivity index is 2.38. The zero-order chi connectivity index (χ0) is 15.2. The molecule has 0 aliphatic heterocycles. The van der Waals surface area contributed by atoms with Crippen LogP contribution in [0.2, 0.25) is 0 Å². The predicted molar refractivity (Wildman–Crippen MR) is 77.3 cm³/mol. The van der Waals surface area contributed by atoms with Crippen molar-refractivity contribution in [2.24, 2.45) is 0 Å². The molecule has 0 aliphatic carbocycles. The van der Waals surface area contributed by atoms with E-state index in [2.05, 4.69) is 4.98 Å². The van der Waals surface area contributed by atoms with Crippen molar-refractivity contribution in [1.29, 1.82) is 0 Å². The Kier molecular flexibility index (Phi) is 4.73. The van der Waals surface area contributed by atoms with Crippen molar-refractivity contribution in [2.45, 2.75) is 6.42 Å². The second kappa shape index (κ2) is 6.71. The number of benzene rings is 1. The summed E-state index contributed by atoms with van der Waals surface area (Å²) in [5.41, 5.74) is 6.93. The minimum atomic E-state index is -0.579. The smallest absolute Gasteiger partial charge is 0.343 e. The number of carbonyl (C=O) groups excluding carboxylic acids is 1. The summed E-state index contributed by atoms with van der Waals surface area (Å²) in [7, 11) is 1.27. The van der Waals surface area contributed by atoms with E-state index in [1.54, 1.807) is 12.1 Å². The summed E-state index contributed by atoms with van der Waals surface area (Å²) in [6.07, 6.45) is 1.84. The Morgan fingerprint density at radius 3 is 2.86 bits per heavy atom. The van der Waals surface area contributed by atoms with Gasteiger partial charge >= 0.3 is 5.97 Å². The van der Waals surface area contributed by atoms with Gasteiger partial charge in [-0.05, 0) is 24.1 Å². The van der Waals surface area contributed by atoms with Crippen LogP contribution in [0.25, 0.3) is 0 Å². The van der Waals surface area contributed by atoms with Crippen LogP contribution in [0.3, 0.4) is 0 Å². The molecule has 2 aromatic rings. The summed E-state index contributed by atoms with van der Waals surface area (Å²) in [6.45, 7) is -0.000597. The number of carbonyl (C=O) groups is 1. The molecule has 6 heteroatoms. The van der Waals surface area contributed by atoms with Crippen molar-refractivity contribution in [3.05, 3.63) is 47.7 Å². The largest absolute Gasteiger partial charge is 0.465 e. The molecule has 0 fully saturated rings. The number of pyridine rings is 1. The number of hydrogen-bond donors (Lipinski definition) is 2. The van der Waals surface area contributed by atoms with Gasteiger partial charge in [0.2, 0.25) is 5.88 Å². The number of aliphatic hydroxyl groups excluding tert-OH is 1. The van der Waals surface area contributed by atoms with Crippen LogP contribution in [0, 0.1) is 0 Å². The highest BCUT2D eigenvalue weighted by atomic mass is 16.5. The van der Waals surface area contributed by atoms with E-state index in [1.807, 2.05) is 12.1 Å². The standard InChI is InChI=1S/C15H16N2O4/c1-20-15(19)12-8-11(16)9-17-14(12)21-13-5-3-2-4-10(13)6-7-18/h2-5,8-9,18H,6-7,16H2,1H3. The third-order valence-corrected chi connectivity index (χ3v) is 2.84. The first-order chi connectivity index (χ1) is 10.2. The summed E-state index contributed by atoms with van der Waals surface area (Å²) >= 11 is 0. The van der Waals surface area contributed by atoms with Gasteiger partial charge in [0.25, 0.3) is 0 Å². The molecule has 0 unspecified atom stereocenters. The molecule has 0 aliphatic rings. The van der Waals surface area contributed by atoms with Crippen LogP contribution in [-0.2, 0) is 11.2 Å². The van der Waals surface area contributed by atoms with Gasteiger partial charge in [-0.25, -0.2) is 9.78 Å². The highest BCUT2D eigenvalue weighted by molar-refractivity contribution is 5.92. The van der Waals surface area contributed by atoms with E-state index in [9.17, 15) is 4.79 Å². The van der Waals surface area contributed by atoms with Crippen LogP contribution in [0.5, 0.6) is 11.6 Å². The summed E-state index contributed by atoms with van der Waals surface area (Å²) in [4.78, 5) is 15.8. The van der Waals surface area contributed by atoms with Crippen LogP contribution in [0.1, 0.15) is 15.9 Å². The molecule has 2 rings (SSSR count). The molecule has 0 atom stereocenters. The van der Waals surface area contributed by atoms with Crippen molar-refractivity contribution in [3.63, 3.8) is 0 Å². The maximum Gasteiger partial charge on any atom is 0.343 e. The van der Waals surface area contributed by atoms with Crippen molar-refractivity contribution in [3.8, 4) is 11.6 Å². The third-order valence-electron chi connectivity index (χ3n) is 2.84. The van der Waals surface area contributed by atoms with E-state index in [0.717, 1.165) is 5.56 Å². The molecule has 6 nitrogen and oxygen atoms in total. The summed E-state index contributed by atoms with van der Waals surface area (Å²) < 4.78 is 10.4. The first-order valence-electron chi connectivity index (χ1n) is 6.36. The van der Waals surface area contributed by atoms with E-state index in [-0.39, 0.29) is 18.1 Å². The lowest BCUT2D eigenvalue weighted by Crippen LogP contribution is -2.07. The molecule has 0 amide bonds. The molecule has 1 aromatic heterocycles. The lowest BCUT2D eigenvalue weighted by atomic mass is 10.1. The highest BCUT2D eigenvalue weighted by Gasteiger charge is 2.17. The van der Waals surface area contributed by atoms with Gasteiger partial charge in [0.05, 0.1) is 19.0 Å². The second-order valence-electron chi connectivity index (χ2n) is 4.30. The Hall–Kier alpha value is -2.60. The number of anilines is 1. The van der Waals surface area contributed by atoms with Crippen molar-refractivity contribution < 1.29 is 19.4 Å². The number of esters is 1. The number of methoxy groups -OCH3 is 1. The number of nitrogens with zero attached hydrogens (tertiary/aromatic N) is 1. The Morgan fingerprint density at radius 2 is 2.14 bits per heavy atom. The molecule has 0 spiro atoms. The van der Waals surface area contributed by atoms with Crippen LogP contribution in [0.4, 0.5) is 5.69 Å². The molecule has 0 bridgehead atoms. The zero-order valence-corrected chi connectivity index (χ0v) is 11.6. The summed E-state index contributed by atoms with van der Waals surface area (Å²) in [6, 6.07) is 8.66. The highest BCUT2D eigenvalue weighted by Crippen LogP contribution is 2.28. The molecule has 0 saturated carbocycles. The van der Waals surface area contributed by atoms with Gasteiger partial charge in [-0.3, -0.25) is 0 Å². The maximum atomic E-state index is 11.7. The Labute approximate surface area is 122 Å². The van der Waals surface area contributed by atoms with Crippen LogP contribution < -0.4 is 10.5 Å². The summed E-state index contributed by atoms with van der Waals surface area (Å²) in [5, 5.41) is 9.07. The van der Waals surface area contributed by atoms with Crippen LogP contribution >= 0.6 is 0 Å². The van der Waals surface area contributed by atoms with Crippen molar-refractivity contribution in [2.75, 3.05) is 19.5 Å². The van der Waals surface area contributed by atoms with Gasteiger partial charge in [0.15, 0.2) is 0 Å². The number of hydrogen-bond acceptors (Lipinski definition) is 6. The average Bonchev–Trinajstić information content (AvgIpc) is 2.50. The van der Waals surface area contributed by atoms with Gasteiger partial charge in [-0.1, -0.05) is 18.2 Å². The predicted octanol–water partition coefficient (Wildman–Crippen LogP) is 1.78. The first kappa shape index (κ1) is 14.8. The fourth-order valence-electron chi connectivity index (χ4n) is 1.84. The minimum Gasteiger partial charge on any atom is -0.465 e. The third kappa shape index (κ3) is 3.49. The minimum absolute atomic E-state index is 0.000597. The number of ether oxygens (including phenoxy) is 2. The number of aliphatic hydroxyl groups is 1. The van der Waals surface area contributed by atoms with E-state index in [0.29, 0.717) is 17.9 Å². The molecule has 1 aromatic carbocycles. The molecular formula is C15H16N2O4. The SMILES string of the molecule is COC(=O)c1cc(N)cnc1Oc1ccccc1CCO. The lowest BCUT2D eigenvalue weighted by molar-refractivity contribution is 0.0597. The normalized spacial score (nSPS) is 10.2. The monoisotopic (exact) mass is 288 g/mol. The van der Waals surface area contributed by atoms with Crippen molar-refractivity contribution >= 4 is 11.7 Å². The van der Waals surface area contributed by atoms with Gasteiger partial charge in [-0.15, -0.1) is 0 Å². The van der Waals surface area contributed by atoms with Gasteiger partial charge < -0.3 is 20.3 Å². The lowest BCUT2D eigenvalue weighted by Gasteiger charge is -2.12. The molecule has 0 radical (unpaired) electrons. The quantitative estimate of drug-likeness (QED) is 0.814. The topological polar surface area (TPSA) is 94.7 Å². The Bertz CT molecular complexity index is 643. The second-order valence-corrected chi connectivity index (χ2v) is 4.30. The van der Waals surface area contributed by atoms with E-state index >= 15 is 0 Å². The fraction of sp³-hybridized carbons (Fsp3) is 0.200. The molecular weight excluding hydrogens is 272 g/mol. The number of aromatic nitrogens is 1. The molecule has 1 heterocycles.